The summed E-state index contributed by atoms with van der Waals surface area (Å²) in [6.07, 6.45) is 4.07. The standard InChI is InChI=1S/C10H22N3O3P/c1-3-15-17(14,16-4-2)10-8-6-5-7-9-12-13-11/h3-10H2,1-2H3. The molecule has 0 saturated carbocycles. The normalized spacial score (nSPS) is 11.2. The van der Waals surface area contributed by atoms with Crippen molar-refractivity contribution in [3.05, 3.63) is 10.4 Å². The van der Waals surface area contributed by atoms with Gasteiger partial charge in [0.15, 0.2) is 0 Å². The van der Waals surface area contributed by atoms with E-state index in [1.165, 1.54) is 0 Å². The largest absolute Gasteiger partial charge is 0.330 e. The molecule has 0 radical (unpaired) electrons. The van der Waals surface area contributed by atoms with Crippen LogP contribution in [0.15, 0.2) is 5.11 Å². The Bertz CT molecular complexity index is 270. The molecule has 0 aliphatic carbocycles. The summed E-state index contributed by atoms with van der Waals surface area (Å²) in [5, 5.41) is 3.45. The minimum absolute atomic E-state index is 0.411. The van der Waals surface area contributed by atoms with Gasteiger partial charge in [0.05, 0.1) is 19.4 Å². The van der Waals surface area contributed by atoms with Crippen LogP contribution in [0.25, 0.3) is 10.4 Å². The van der Waals surface area contributed by atoms with Crippen LogP contribution in [0.1, 0.15) is 39.5 Å². The van der Waals surface area contributed by atoms with Gasteiger partial charge in [0.2, 0.25) is 0 Å². The molecular weight excluding hydrogens is 241 g/mol. The summed E-state index contributed by atoms with van der Waals surface area (Å²) in [5.41, 5.74) is 8.08. The fraction of sp³-hybridized carbons (Fsp3) is 1.00. The molecule has 0 heterocycles. The zero-order chi connectivity index (χ0) is 13.0. The van der Waals surface area contributed by atoms with Gasteiger partial charge in [-0.05, 0) is 32.2 Å². The van der Waals surface area contributed by atoms with Crippen molar-refractivity contribution in [1.82, 2.24) is 0 Å². The van der Waals surface area contributed by atoms with Crippen molar-refractivity contribution in [2.24, 2.45) is 5.11 Å². The third kappa shape index (κ3) is 9.19. The second-order valence-corrected chi connectivity index (χ2v) is 5.72. The highest BCUT2D eigenvalue weighted by Gasteiger charge is 2.22. The number of azide groups is 1. The zero-order valence-electron chi connectivity index (χ0n) is 10.7. The van der Waals surface area contributed by atoms with Crippen LogP contribution in [0, 0.1) is 0 Å². The van der Waals surface area contributed by atoms with Crippen LogP contribution < -0.4 is 0 Å². The van der Waals surface area contributed by atoms with Crippen LogP contribution >= 0.6 is 7.60 Å². The second kappa shape index (κ2) is 10.6. The molecule has 0 rings (SSSR count). The van der Waals surface area contributed by atoms with E-state index in [4.69, 9.17) is 14.6 Å². The van der Waals surface area contributed by atoms with Gasteiger partial charge in [-0.1, -0.05) is 18.0 Å². The molecule has 0 unspecified atom stereocenters. The molecule has 0 aliphatic heterocycles. The molecule has 0 aromatic rings. The molecule has 0 fully saturated rings. The van der Waals surface area contributed by atoms with Gasteiger partial charge < -0.3 is 9.05 Å². The lowest BCUT2D eigenvalue weighted by Gasteiger charge is -2.16. The number of hydrogen-bond donors (Lipinski definition) is 0. The first-order valence-electron chi connectivity index (χ1n) is 6.07. The van der Waals surface area contributed by atoms with Crippen LogP contribution in [-0.2, 0) is 13.6 Å². The molecule has 17 heavy (non-hydrogen) atoms. The van der Waals surface area contributed by atoms with Crippen LogP contribution in [-0.4, -0.2) is 25.9 Å². The lowest BCUT2D eigenvalue weighted by Crippen LogP contribution is -2.00. The highest BCUT2D eigenvalue weighted by molar-refractivity contribution is 7.53. The van der Waals surface area contributed by atoms with Gasteiger partial charge in [-0.15, -0.1) is 0 Å². The van der Waals surface area contributed by atoms with Gasteiger partial charge in [0, 0.05) is 11.5 Å². The van der Waals surface area contributed by atoms with Gasteiger partial charge in [0.1, 0.15) is 0 Å². The quantitative estimate of drug-likeness (QED) is 0.185. The predicted octanol–water partition coefficient (Wildman–Crippen LogP) is 4.12. The summed E-state index contributed by atoms with van der Waals surface area (Å²) in [7, 11) is -2.86. The molecule has 0 atom stereocenters. The Morgan fingerprint density at radius 1 is 1.12 bits per heavy atom. The second-order valence-electron chi connectivity index (χ2n) is 3.54. The van der Waals surface area contributed by atoms with Gasteiger partial charge >= 0.3 is 7.60 Å². The average Bonchev–Trinajstić information content (AvgIpc) is 2.28. The Balaban J connectivity index is 3.68. The number of nitrogens with zero attached hydrogens (tertiary/aromatic N) is 3. The van der Waals surface area contributed by atoms with Crippen LogP contribution in [0.2, 0.25) is 0 Å². The molecular formula is C10H22N3O3P. The summed E-state index contributed by atoms with van der Waals surface area (Å²) < 4.78 is 22.4. The van der Waals surface area contributed by atoms with Crippen molar-refractivity contribution < 1.29 is 13.6 Å². The first-order valence-corrected chi connectivity index (χ1v) is 7.80. The maximum atomic E-state index is 12.0. The molecule has 6 nitrogen and oxygen atoms in total. The third-order valence-corrected chi connectivity index (χ3v) is 4.32. The van der Waals surface area contributed by atoms with Crippen LogP contribution in [0.4, 0.5) is 0 Å². The van der Waals surface area contributed by atoms with Crippen molar-refractivity contribution in [2.75, 3.05) is 25.9 Å². The predicted molar refractivity (Wildman–Crippen MR) is 68.2 cm³/mol. The fourth-order valence-electron chi connectivity index (χ4n) is 1.45. The summed E-state index contributed by atoms with van der Waals surface area (Å²) >= 11 is 0. The van der Waals surface area contributed by atoms with E-state index >= 15 is 0 Å². The zero-order valence-corrected chi connectivity index (χ0v) is 11.6. The number of rotatable bonds is 11. The maximum absolute atomic E-state index is 12.0. The van der Waals surface area contributed by atoms with Crippen molar-refractivity contribution in [3.8, 4) is 0 Å². The van der Waals surface area contributed by atoms with E-state index in [1.807, 2.05) is 13.8 Å². The lowest BCUT2D eigenvalue weighted by atomic mass is 10.2. The fourth-order valence-corrected chi connectivity index (χ4v) is 3.18. The Kier molecular flexibility index (Phi) is 10.3. The van der Waals surface area contributed by atoms with E-state index in [9.17, 15) is 4.57 Å². The molecule has 100 valence electrons. The van der Waals surface area contributed by atoms with E-state index in [0.29, 0.717) is 25.9 Å². The molecule has 0 spiro atoms. The monoisotopic (exact) mass is 263 g/mol. The summed E-state index contributed by atoms with van der Waals surface area (Å²) in [4.78, 5) is 2.68. The van der Waals surface area contributed by atoms with E-state index < -0.39 is 7.60 Å². The Morgan fingerprint density at radius 3 is 2.24 bits per heavy atom. The molecule has 0 aliphatic rings. The lowest BCUT2D eigenvalue weighted by molar-refractivity contribution is 0.219. The van der Waals surface area contributed by atoms with Crippen molar-refractivity contribution >= 4 is 7.60 Å². The molecule has 0 bridgehead atoms. The van der Waals surface area contributed by atoms with Crippen LogP contribution in [0.5, 0.6) is 0 Å². The van der Waals surface area contributed by atoms with Gasteiger partial charge in [0.25, 0.3) is 0 Å². The smallest absolute Gasteiger partial charge is 0.309 e. The van der Waals surface area contributed by atoms with E-state index in [0.717, 1.165) is 25.7 Å². The van der Waals surface area contributed by atoms with Gasteiger partial charge in [-0.2, -0.15) is 0 Å². The first kappa shape index (κ1) is 16.5. The highest BCUT2D eigenvalue weighted by atomic mass is 31.2. The van der Waals surface area contributed by atoms with E-state index in [-0.39, 0.29) is 0 Å². The van der Waals surface area contributed by atoms with E-state index in [1.54, 1.807) is 0 Å². The molecule has 0 N–H and O–H groups in total. The molecule has 0 aromatic carbocycles. The minimum atomic E-state index is -2.86. The van der Waals surface area contributed by atoms with Crippen molar-refractivity contribution in [2.45, 2.75) is 39.5 Å². The first-order chi connectivity index (χ1) is 8.18. The van der Waals surface area contributed by atoms with Crippen LogP contribution in [0.3, 0.4) is 0 Å². The van der Waals surface area contributed by atoms with Gasteiger partial charge in [-0.25, -0.2) is 0 Å². The van der Waals surface area contributed by atoms with Crippen molar-refractivity contribution in [3.63, 3.8) is 0 Å². The molecule has 0 saturated heterocycles. The third-order valence-electron chi connectivity index (χ3n) is 2.15. The van der Waals surface area contributed by atoms with E-state index in [2.05, 4.69) is 10.0 Å². The SMILES string of the molecule is CCOP(=O)(CCCCCCN=[N+]=[N-])OCC. The number of unbranched alkanes of at least 4 members (excludes halogenated alkanes) is 3. The highest BCUT2D eigenvalue weighted by Crippen LogP contribution is 2.48. The molecule has 0 aromatic heterocycles. The Labute approximate surface area is 103 Å². The summed E-state index contributed by atoms with van der Waals surface area (Å²) in [6, 6.07) is 0. The average molecular weight is 263 g/mol. The Morgan fingerprint density at radius 2 is 1.71 bits per heavy atom. The summed E-state index contributed by atoms with van der Waals surface area (Å²) in [5.74, 6) is 0. The van der Waals surface area contributed by atoms with Gasteiger partial charge in [-0.3, -0.25) is 4.57 Å². The summed E-state index contributed by atoms with van der Waals surface area (Å²) in [6.45, 7) is 4.98. The minimum Gasteiger partial charge on any atom is -0.309 e. The Hall–Kier alpha value is -0.540. The maximum Gasteiger partial charge on any atom is 0.330 e. The number of hydrogen-bond acceptors (Lipinski definition) is 4. The molecule has 0 amide bonds. The topological polar surface area (TPSA) is 84.3 Å². The van der Waals surface area contributed by atoms with Crippen molar-refractivity contribution in [1.29, 1.82) is 0 Å². The molecule has 7 heteroatoms.